The number of unbranched alkanes of at least 4 members (excludes halogenated alkanes) is 2. The summed E-state index contributed by atoms with van der Waals surface area (Å²) in [5, 5.41) is 9.42. The number of para-hydroxylation sites is 2. The molecule has 0 fully saturated rings. The molecule has 0 aromatic heterocycles. The van der Waals surface area contributed by atoms with Gasteiger partial charge in [0.2, 0.25) is 11.9 Å². The normalized spacial score (nSPS) is 15.5. The minimum Gasteiger partial charge on any atom is -0.444 e. The molecule has 1 heterocycles. The van der Waals surface area contributed by atoms with Crippen LogP contribution in [0.4, 0.5) is 16.2 Å². The Kier molecular flexibility index (Phi) is 10.4. The van der Waals surface area contributed by atoms with Gasteiger partial charge in [-0.1, -0.05) is 66.7 Å². The van der Waals surface area contributed by atoms with E-state index in [2.05, 4.69) is 26.9 Å². The van der Waals surface area contributed by atoms with Crippen molar-refractivity contribution in [3.05, 3.63) is 96.1 Å². The standard InChI is InChI=1S/C33H41N5O3/c1-33(2,3)41-32(40)35-22-14-6-13-21-34-31-37-28-20-12-11-19-27(28)29(38(31)26-17-9-5-10-18-26)23-30(39)36-24-25-15-7-4-8-16-25/h4-5,7-12,15-20,29H,6,13-14,21-24H2,1-3H3,(H,34,37)(H,35,40)(H,36,39). The fraction of sp³-hybridized carbons (Fsp3) is 0.364. The zero-order valence-electron chi connectivity index (χ0n) is 24.2. The molecule has 8 heteroatoms. The number of amides is 2. The van der Waals surface area contributed by atoms with Gasteiger partial charge < -0.3 is 25.6 Å². The van der Waals surface area contributed by atoms with Crippen molar-refractivity contribution in [1.82, 2.24) is 10.6 Å². The first-order chi connectivity index (χ1) is 19.8. The van der Waals surface area contributed by atoms with Crippen LogP contribution in [-0.2, 0) is 16.1 Å². The molecule has 0 saturated carbocycles. The molecular formula is C33H41N5O3. The molecule has 3 N–H and O–H groups in total. The first-order valence-corrected chi connectivity index (χ1v) is 14.3. The molecule has 41 heavy (non-hydrogen) atoms. The van der Waals surface area contributed by atoms with Crippen molar-refractivity contribution in [3.63, 3.8) is 0 Å². The lowest BCUT2D eigenvalue weighted by Crippen LogP contribution is -2.45. The summed E-state index contributed by atoms with van der Waals surface area (Å²) in [6.07, 6.45) is 2.52. The third-order valence-corrected chi connectivity index (χ3v) is 6.62. The maximum Gasteiger partial charge on any atom is 0.407 e. The van der Waals surface area contributed by atoms with E-state index in [4.69, 9.17) is 9.73 Å². The van der Waals surface area contributed by atoms with Crippen LogP contribution in [0, 0.1) is 0 Å². The quantitative estimate of drug-likeness (QED) is 0.238. The minimum atomic E-state index is -0.503. The van der Waals surface area contributed by atoms with Crippen LogP contribution in [0.25, 0.3) is 0 Å². The summed E-state index contributed by atoms with van der Waals surface area (Å²) in [5.41, 5.74) is 3.54. The van der Waals surface area contributed by atoms with E-state index in [0.29, 0.717) is 19.6 Å². The van der Waals surface area contributed by atoms with Gasteiger partial charge in [-0.15, -0.1) is 0 Å². The first-order valence-electron chi connectivity index (χ1n) is 14.3. The Balaban J connectivity index is 1.43. The summed E-state index contributed by atoms with van der Waals surface area (Å²) in [7, 11) is 0. The van der Waals surface area contributed by atoms with Crippen LogP contribution in [-0.4, -0.2) is 36.7 Å². The molecule has 1 atom stereocenters. The second-order valence-electron chi connectivity index (χ2n) is 11.1. The molecule has 3 aromatic rings. The van der Waals surface area contributed by atoms with E-state index in [-0.39, 0.29) is 24.5 Å². The second-order valence-corrected chi connectivity index (χ2v) is 11.1. The number of carbonyl (C=O) groups is 2. The summed E-state index contributed by atoms with van der Waals surface area (Å²) in [5.74, 6) is 0.705. The predicted octanol–water partition coefficient (Wildman–Crippen LogP) is 6.42. The lowest BCUT2D eigenvalue weighted by Gasteiger charge is -2.40. The van der Waals surface area contributed by atoms with E-state index >= 15 is 0 Å². The van der Waals surface area contributed by atoms with E-state index < -0.39 is 5.60 Å². The van der Waals surface area contributed by atoms with Crippen LogP contribution in [0.15, 0.2) is 89.9 Å². The fourth-order valence-electron chi connectivity index (χ4n) is 4.72. The molecule has 216 valence electrons. The zero-order valence-corrected chi connectivity index (χ0v) is 24.2. The van der Waals surface area contributed by atoms with Crippen LogP contribution in [0.5, 0.6) is 0 Å². The largest absolute Gasteiger partial charge is 0.444 e. The van der Waals surface area contributed by atoms with Gasteiger partial charge in [-0.3, -0.25) is 9.79 Å². The highest BCUT2D eigenvalue weighted by atomic mass is 16.6. The molecule has 1 aliphatic rings. The van der Waals surface area contributed by atoms with Crippen molar-refractivity contribution in [2.75, 3.05) is 23.3 Å². The third-order valence-electron chi connectivity index (χ3n) is 6.62. The summed E-state index contributed by atoms with van der Waals surface area (Å²) in [6, 6.07) is 27.9. The molecule has 1 unspecified atom stereocenters. The van der Waals surface area contributed by atoms with Crippen LogP contribution < -0.4 is 20.9 Å². The van der Waals surface area contributed by atoms with Gasteiger partial charge in [-0.25, -0.2) is 4.79 Å². The van der Waals surface area contributed by atoms with Gasteiger partial charge in [0.1, 0.15) is 5.60 Å². The molecule has 0 spiro atoms. The van der Waals surface area contributed by atoms with Crippen molar-refractivity contribution in [2.24, 2.45) is 4.99 Å². The molecule has 4 rings (SSSR count). The van der Waals surface area contributed by atoms with Gasteiger partial charge >= 0.3 is 6.09 Å². The third kappa shape index (κ3) is 9.10. The number of carbonyl (C=O) groups excluding carboxylic acids is 2. The second kappa shape index (κ2) is 14.3. The van der Waals surface area contributed by atoms with Gasteiger partial charge in [0.15, 0.2) is 0 Å². The van der Waals surface area contributed by atoms with Gasteiger partial charge in [0.05, 0.1) is 12.5 Å². The number of aliphatic imine (C=N–C) groups is 1. The van der Waals surface area contributed by atoms with Gasteiger partial charge in [-0.2, -0.15) is 0 Å². The summed E-state index contributed by atoms with van der Waals surface area (Å²) >= 11 is 0. The number of guanidine groups is 1. The SMILES string of the molecule is CC(C)(C)OC(=O)NCCCCCN=C1Nc2ccccc2C(CC(=O)NCc2ccccc2)N1c1ccccc1. The van der Waals surface area contributed by atoms with E-state index in [9.17, 15) is 9.59 Å². The Morgan fingerprint density at radius 3 is 2.29 bits per heavy atom. The molecule has 0 radical (unpaired) electrons. The summed E-state index contributed by atoms with van der Waals surface area (Å²) in [6.45, 7) is 7.22. The molecule has 2 amide bonds. The predicted molar refractivity (Wildman–Crippen MR) is 165 cm³/mol. The van der Waals surface area contributed by atoms with Crippen molar-refractivity contribution in [3.8, 4) is 0 Å². The Morgan fingerprint density at radius 1 is 0.878 bits per heavy atom. The Hall–Kier alpha value is -4.33. The number of benzene rings is 3. The van der Waals surface area contributed by atoms with E-state index in [1.54, 1.807) is 0 Å². The summed E-state index contributed by atoms with van der Waals surface area (Å²) in [4.78, 5) is 32.2. The molecule has 3 aromatic carbocycles. The Labute approximate surface area is 243 Å². The molecule has 0 bridgehead atoms. The number of hydrogen-bond donors (Lipinski definition) is 3. The number of hydrogen-bond acceptors (Lipinski definition) is 4. The van der Waals surface area contributed by atoms with Gasteiger partial charge in [0.25, 0.3) is 0 Å². The number of ether oxygens (including phenoxy) is 1. The number of rotatable bonds is 11. The highest BCUT2D eigenvalue weighted by Gasteiger charge is 2.33. The maximum atomic E-state index is 13.2. The highest BCUT2D eigenvalue weighted by Crippen LogP contribution is 2.38. The lowest BCUT2D eigenvalue weighted by atomic mass is 9.96. The molecule has 1 aliphatic heterocycles. The average Bonchev–Trinajstić information content (AvgIpc) is 2.95. The summed E-state index contributed by atoms with van der Waals surface area (Å²) < 4.78 is 5.29. The molecule has 0 aliphatic carbocycles. The van der Waals surface area contributed by atoms with Gasteiger partial charge in [0, 0.05) is 31.0 Å². The van der Waals surface area contributed by atoms with E-state index in [0.717, 1.165) is 47.7 Å². The topological polar surface area (TPSA) is 95.1 Å². The Morgan fingerprint density at radius 2 is 1.56 bits per heavy atom. The van der Waals surface area contributed by atoms with Gasteiger partial charge in [-0.05, 0) is 69.4 Å². The maximum absolute atomic E-state index is 13.2. The Bertz CT molecular complexity index is 1310. The van der Waals surface area contributed by atoms with Crippen LogP contribution in [0.2, 0.25) is 0 Å². The molecule has 0 saturated heterocycles. The number of alkyl carbamates (subject to hydrolysis) is 1. The first kappa shape index (κ1) is 29.6. The smallest absolute Gasteiger partial charge is 0.407 e. The fourth-order valence-corrected chi connectivity index (χ4v) is 4.72. The minimum absolute atomic E-state index is 0.0201. The number of nitrogens with zero attached hydrogens (tertiary/aromatic N) is 2. The highest BCUT2D eigenvalue weighted by molar-refractivity contribution is 6.09. The molecular weight excluding hydrogens is 514 g/mol. The number of fused-ring (bicyclic) bond motifs is 1. The van der Waals surface area contributed by atoms with Crippen molar-refractivity contribution in [1.29, 1.82) is 0 Å². The van der Waals surface area contributed by atoms with E-state index in [1.807, 2.05) is 99.6 Å². The average molecular weight is 556 g/mol. The monoisotopic (exact) mass is 555 g/mol. The van der Waals surface area contributed by atoms with E-state index in [1.165, 1.54) is 0 Å². The number of nitrogens with one attached hydrogen (secondary N) is 3. The van der Waals surface area contributed by atoms with Crippen molar-refractivity contribution >= 4 is 29.3 Å². The van der Waals surface area contributed by atoms with Crippen LogP contribution in [0.1, 0.15) is 63.6 Å². The number of anilines is 2. The zero-order chi connectivity index (χ0) is 29.1. The van der Waals surface area contributed by atoms with Crippen molar-refractivity contribution < 1.29 is 14.3 Å². The van der Waals surface area contributed by atoms with Crippen LogP contribution >= 0.6 is 0 Å². The van der Waals surface area contributed by atoms with Crippen molar-refractivity contribution in [2.45, 2.75) is 64.6 Å². The molecule has 8 nitrogen and oxygen atoms in total. The van der Waals surface area contributed by atoms with Crippen LogP contribution in [0.3, 0.4) is 0 Å². The lowest BCUT2D eigenvalue weighted by molar-refractivity contribution is -0.121.